The van der Waals surface area contributed by atoms with Crippen LogP contribution < -0.4 is 5.73 Å². The third-order valence-electron chi connectivity index (χ3n) is 2.73. The van der Waals surface area contributed by atoms with Crippen molar-refractivity contribution in [1.82, 2.24) is 4.90 Å². The molecular weight excluding hydrogens is 224 g/mol. The molecule has 1 heterocycles. The minimum Gasteiger partial charge on any atom is -0.392 e. The lowest BCUT2D eigenvalue weighted by atomic mass is 10.0. The van der Waals surface area contributed by atoms with Gasteiger partial charge in [-0.25, -0.2) is 0 Å². The van der Waals surface area contributed by atoms with Crippen molar-refractivity contribution in [2.45, 2.75) is 38.6 Å². The van der Waals surface area contributed by atoms with Crippen LogP contribution in [-0.4, -0.2) is 41.6 Å². The summed E-state index contributed by atoms with van der Waals surface area (Å²) in [6.45, 7) is 3.53. The first-order chi connectivity index (χ1) is 7.66. The van der Waals surface area contributed by atoms with Crippen molar-refractivity contribution in [3.05, 3.63) is 0 Å². The molecule has 5 heteroatoms. The number of ether oxygens (including phenoxy) is 1. The number of amides is 1. The molecule has 0 aromatic heterocycles. The second kappa shape index (κ2) is 6.81. The van der Waals surface area contributed by atoms with E-state index in [1.54, 1.807) is 4.90 Å². The van der Waals surface area contributed by atoms with E-state index < -0.39 is 0 Å². The molecule has 0 radical (unpaired) electrons. The van der Waals surface area contributed by atoms with Gasteiger partial charge in [-0.3, -0.25) is 4.79 Å². The third kappa shape index (κ3) is 3.72. The van der Waals surface area contributed by atoms with Crippen LogP contribution >= 0.6 is 12.2 Å². The fraction of sp³-hybridized carbons (Fsp3) is 0.818. The molecule has 1 rings (SSSR count). The van der Waals surface area contributed by atoms with E-state index in [1.807, 2.05) is 6.92 Å². The van der Waals surface area contributed by atoms with Crippen molar-refractivity contribution in [3.8, 4) is 0 Å². The second-order valence-electron chi connectivity index (χ2n) is 4.05. The van der Waals surface area contributed by atoms with Crippen molar-refractivity contribution in [3.63, 3.8) is 0 Å². The van der Waals surface area contributed by atoms with Gasteiger partial charge in [-0.2, -0.15) is 0 Å². The van der Waals surface area contributed by atoms with E-state index >= 15 is 0 Å². The molecule has 0 saturated carbocycles. The van der Waals surface area contributed by atoms with E-state index in [9.17, 15) is 4.79 Å². The van der Waals surface area contributed by atoms with Gasteiger partial charge in [-0.1, -0.05) is 19.1 Å². The summed E-state index contributed by atoms with van der Waals surface area (Å²) in [5, 5.41) is 0. The number of nitrogens with two attached hydrogens (primary N) is 1. The maximum atomic E-state index is 11.9. The summed E-state index contributed by atoms with van der Waals surface area (Å²) in [5.74, 6) is 0.00551. The monoisotopic (exact) mass is 244 g/mol. The molecule has 1 unspecified atom stereocenters. The summed E-state index contributed by atoms with van der Waals surface area (Å²) >= 11 is 4.99. The molecule has 0 bridgehead atoms. The number of thiocarbonyl (C=S) groups is 1. The highest BCUT2D eigenvalue weighted by molar-refractivity contribution is 7.80. The molecule has 0 spiro atoms. The van der Waals surface area contributed by atoms with Crippen molar-refractivity contribution in [2.75, 3.05) is 19.8 Å². The fourth-order valence-corrected chi connectivity index (χ4v) is 2.16. The molecular formula is C11H20N2O2S. The summed E-state index contributed by atoms with van der Waals surface area (Å²) in [4.78, 5) is 14.1. The molecule has 4 nitrogen and oxygen atoms in total. The van der Waals surface area contributed by atoms with Crippen LogP contribution in [0.25, 0.3) is 0 Å². The molecule has 1 atom stereocenters. The van der Waals surface area contributed by atoms with Crippen molar-refractivity contribution in [2.24, 2.45) is 5.73 Å². The molecule has 0 aromatic rings. The van der Waals surface area contributed by atoms with E-state index in [-0.39, 0.29) is 18.6 Å². The lowest BCUT2D eigenvalue weighted by Gasteiger charge is -2.34. The molecule has 92 valence electrons. The first-order valence-corrected chi connectivity index (χ1v) is 6.24. The van der Waals surface area contributed by atoms with Crippen molar-refractivity contribution in [1.29, 1.82) is 0 Å². The average Bonchev–Trinajstić information content (AvgIpc) is 2.29. The van der Waals surface area contributed by atoms with E-state index in [0.717, 1.165) is 32.2 Å². The minimum absolute atomic E-state index is 0.00551. The van der Waals surface area contributed by atoms with Gasteiger partial charge in [0.1, 0.15) is 6.61 Å². The number of nitrogens with zero attached hydrogens (tertiary/aromatic N) is 1. The van der Waals surface area contributed by atoms with E-state index in [2.05, 4.69) is 0 Å². The Morgan fingerprint density at radius 3 is 2.94 bits per heavy atom. The Hall–Kier alpha value is -0.680. The highest BCUT2D eigenvalue weighted by atomic mass is 32.1. The molecule has 1 aliphatic heterocycles. The normalized spacial score (nSPS) is 20.8. The van der Waals surface area contributed by atoms with Crippen LogP contribution in [0.4, 0.5) is 0 Å². The van der Waals surface area contributed by atoms with Crippen LogP contribution in [0.3, 0.4) is 0 Å². The molecule has 1 aliphatic rings. The number of likely N-dealkylation sites (tertiary alicyclic amines) is 1. The molecule has 1 fully saturated rings. The van der Waals surface area contributed by atoms with Gasteiger partial charge in [0.25, 0.3) is 0 Å². The highest BCUT2D eigenvalue weighted by Crippen LogP contribution is 2.17. The fourth-order valence-electron chi connectivity index (χ4n) is 1.91. The summed E-state index contributed by atoms with van der Waals surface area (Å²) in [5.41, 5.74) is 5.65. The van der Waals surface area contributed by atoms with Gasteiger partial charge in [-0.05, 0) is 25.7 Å². The Labute approximate surface area is 102 Å². The summed E-state index contributed by atoms with van der Waals surface area (Å²) < 4.78 is 5.25. The van der Waals surface area contributed by atoms with Crippen molar-refractivity contribution < 1.29 is 9.53 Å². The zero-order valence-corrected chi connectivity index (χ0v) is 10.6. The van der Waals surface area contributed by atoms with Crippen LogP contribution in [0.1, 0.15) is 32.6 Å². The first-order valence-electron chi connectivity index (χ1n) is 5.83. The van der Waals surface area contributed by atoms with E-state index in [0.29, 0.717) is 11.6 Å². The Kier molecular flexibility index (Phi) is 5.69. The van der Waals surface area contributed by atoms with Crippen LogP contribution in [0.5, 0.6) is 0 Å². The maximum absolute atomic E-state index is 11.9. The lowest BCUT2D eigenvalue weighted by molar-refractivity contribution is -0.138. The standard InChI is InChI=1S/C11H20N2O2S/c1-2-7-15-8-10(14)13-6-4-3-5-9(13)11(12)16/h9H,2-8H2,1H3,(H2,12,16). The summed E-state index contributed by atoms with van der Waals surface area (Å²) in [6.07, 6.45) is 3.92. The van der Waals surface area contributed by atoms with Gasteiger partial charge in [-0.15, -0.1) is 0 Å². The first kappa shape index (κ1) is 13.4. The van der Waals surface area contributed by atoms with Gasteiger partial charge in [0.05, 0.1) is 11.0 Å². The molecule has 16 heavy (non-hydrogen) atoms. The SMILES string of the molecule is CCCOCC(=O)N1CCCCC1C(N)=S. The molecule has 1 saturated heterocycles. The number of hydrogen-bond donors (Lipinski definition) is 1. The van der Waals surface area contributed by atoms with Crippen LogP contribution in [0.2, 0.25) is 0 Å². The predicted molar refractivity (Wildman–Crippen MR) is 67.2 cm³/mol. The third-order valence-corrected chi connectivity index (χ3v) is 3.00. The second-order valence-corrected chi connectivity index (χ2v) is 4.53. The zero-order chi connectivity index (χ0) is 12.0. The van der Waals surface area contributed by atoms with Crippen LogP contribution in [-0.2, 0) is 9.53 Å². The predicted octanol–water partition coefficient (Wildman–Crippen LogP) is 1.08. The molecule has 0 aromatic carbocycles. The molecule has 2 N–H and O–H groups in total. The number of rotatable bonds is 5. The quantitative estimate of drug-likeness (QED) is 0.581. The number of hydrogen-bond acceptors (Lipinski definition) is 3. The highest BCUT2D eigenvalue weighted by Gasteiger charge is 2.28. The van der Waals surface area contributed by atoms with Gasteiger partial charge < -0.3 is 15.4 Å². The largest absolute Gasteiger partial charge is 0.392 e. The van der Waals surface area contributed by atoms with Crippen LogP contribution in [0, 0.1) is 0 Å². The number of carbonyl (C=O) groups excluding carboxylic acids is 1. The van der Waals surface area contributed by atoms with Gasteiger partial charge in [0, 0.05) is 13.2 Å². The topological polar surface area (TPSA) is 55.6 Å². The lowest BCUT2D eigenvalue weighted by Crippen LogP contribution is -2.50. The van der Waals surface area contributed by atoms with Gasteiger partial charge in [0.2, 0.25) is 5.91 Å². The van der Waals surface area contributed by atoms with Crippen molar-refractivity contribution >= 4 is 23.1 Å². The Morgan fingerprint density at radius 2 is 2.31 bits per heavy atom. The molecule has 1 amide bonds. The number of piperidine rings is 1. The Morgan fingerprint density at radius 1 is 1.56 bits per heavy atom. The maximum Gasteiger partial charge on any atom is 0.249 e. The van der Waals surface area contributed by atoms with E-state index in [4.69, 9.17) is 22.7 Å². The van der Waals surface area contributed by atoms with Gasteiger partial charge >= 0.3 is 0 Å². The summed E-state index contributed by atoms with van der Waals surface area (Å²) in [6, 6.07) is -0.0681. The molecule has 0 aliphatic carbocycles. The van der Waals surface area contributed by atoms with Gasteiger partial charge in [0.15, 0.2) is 0 Å². The minimum atomic E-state index is -0.0681. The smallest absolute Gasteiger partial charge is 0.249 e. The van der Waals surface area contributed by atoms with E-state index in [1.165, 1.54) is 0 Å². The average molecular weight is 244 g/mol. The Bertz CT molecular complexity index is 258. The Balaban J connectivity index is 2.47. The summed E-state index contributed by atoms with van der Waals surface area (Å²) in [7, 11) is 0. The zero-order valence-electron chi connectivity index (χ0n) is 9.78. The van der Waals surface area contributed by atoms with Crippen LogP contribution in [0.15, 0.2) is 0 Å². The number of carbonyl (C=O) groups is 1.